The van der Waals surface area contributed by atoms with Crippen LogP contribution in [0.5, 0.6) is 11.5 Å². The second-order valence-corrected chi connectivity index (χ2v) is 9.29. The van der Waals surface area contributed by atoms with Crippen molar-refractivity contribution in [2.24, 2.45) is 10.7 Å². The van der Waals surface area contributed by atoms with Gasteiger partial charge in [0, 0.05) is 47.7 Å². The molecule has 1 saturated heterocycles. The zero-order valence-electron chi connectivity index (χ0n) is 21.8. The Labute approximate surface area is 220 Å². The van der Waals surface area contributed by atoms with Crippen molar-refractivity contribution in [3.8, 4) is 22.6 Å². The lowest BCUT2D eigenvalue weighted by atomic mass is 10.00. The number of likely N-dealkylation sites (N-methyl/N-ethyl adjacent to an activating group) is 1. The fourth-order valence-electron chi connectivity index (χ4n) is 4.54. The molecule has 4 N–H and O–H groups in total. The summed E-state index contributed by atoms with van der Waals surface area (Å²) in [5.41, 5.74) is 13.8. The number of nitrogens with zero attached hydrogens (tertiary/aromatic N) is 3. The Bertz CT molecular complexity index is 1350. The minimum absolute atomic E-state index is 0.0944. The van der Waals surface area contributed by atoms with Crippen molar-refractivity contribution in [1.82, 2.24) is 4.90 Å². The van der Waals surface area contributed by atoms with Gasteiger partial charge < -0.3 is 30.7 Å². The molecule has 8 nitrogen and oxygen atoms in total. The number of benzene rings is 3. The number of nitrogens with two attached hydrogens (primary N) is 2. The van der Waals surface area contributed by atoms with E-state index in [1.54, 1.807) is 12.1 Å². The monoisotopic (exact) mass is 523 g/mol. The molecule has 1 atom stereocenters. The van der Waals surface area contributed by atoms with Gasteiger partial charge in [0.25, 0.3) is 5.91 Å². The number of ether oxygens (including phenoxy) is 2. The van der Waals surface area contributed by atoms with E-state index in [1.165, 1.54) is 32.4 Å². The normalized spacial score (nSPS) is 15.7. The number of hydrogen-bond donors (Lipinski definition) is 2. The third kappa shape index (κ3) is 5.26. The maximum Gasteiger partial charge on any atom is 0.278 e. The van der Waals surface area contributed by atoms with Crippen LogP contribution in [0.15, 0.2) is 53.5 Å². The van der Waals surface area contributed by atoms with Gasteiger partial charge in [-0.3, -0.25) is 4.79 Å². The number of aliphatic imine (C=N–C) groups is 1. The molecule has 0 saturated carbocycles. The summed E-state index contributed by atoms with van der Waals surface area (Å²) >= 11 is 0. The first-order chi connectivity index (χ1) is 18.1. The number of nitrogen functional groups attached to an aromatic ring is 1. The predicted molar refractivity (Wildman–Crippen MR) is 145 cm³/mol. The van der Waals surface area contributed by atoms with Gasteiger partial charge in [-0.15, -0.1) is 0 Å². The molecule has 3 aromatic rings. The molecule has 0 bridgehead atoms. The van der Waals surface area contributed by atoms with Crippen molar-refractivity contribution in [2.75, 3.05) is 52.0 Å². The summed E-state index contributed by atoms with van der Waals surface area (Å²) in [7, 11) is 6.69. The van der Waals surface area contributed by atoms with Crippen LogP contribution in [0.4, 0.5) is 20.2 Å². The zero-order chi connectivity index (χ0) is 27.6. The number of carbonyl (C=O) groups is 1. The van der Waals surface area contributed by atoms with Gasteiger partial charge in [0.15, 0.2) is 23.1 Å². The van der Waals surface area contributed by atoms with Crippen LogP contribution in [0.25, 0.3) is 11.1 Å². The molecule has 38 heavy (non-hydrogen) atoms. The number of amidine groups is 1. The smallest absolute Gasteiger partial charge is 0.278 e. The van der Waals surface area contributed by atoms with Crippen LogP contribution < -0.4 is 25.8 Å². The molecule has 0 aliphatic carbocycles. The first kappa shape index (κ1) is 26.9. The van der Waals surface area contributed by atoms with E-state index in [-0.39, 0.29) is 39.7 Å². The Balaban J connectivity index is 1.55. The Hall–Kier alpha value is -4.18. The molecule has 1 amide bonds. The number of rotatable bonds is 7. The molecule has 10 heteroatoms. The quantitative estimate of drug-likeness (QED) is 0.275. The van der Waals surface area contributed by atoms with Crippen molar-refractivity contribution in [2.45, 2.75) is 12.5 Å². The SMILES string of the molecule is COc1cc(OC)c(F)c(-c2ccc(C(N)=NC(=O)c3ccc(N4CCC(N(C)C)C4)cc3)c(N)c2)c1F. The number of halogens is 2. The van der Waals surface area contributed by atoms with Gasteiger partial charge >= 0.3 is 0 Å². The van der Waals surface area contributed by atoms with Crippen molar-refractivity contribution in [1.29, 1.82) is 0 Å². The van der Waals surface area contributed by atoms with Gasteiger partial charge in [-0.25, -0.2) is 8.78 Å². The summed E-state index contributed by atoms with van der Waals surface area (Å²) < 4.78 is 39.8. The van der Waals surface area contributed by atoms with Gasteiger partial charge in [0.1, 0.15) is 5.84 Å². The van der Waals surface area contributed by atoms with E-state index in [0.717, 1.165) is 31.3 Å². The third-order valence-electron chi connectivity index (χ3n) is 6.78. The van der Waals surface area contributed by atoms with E-state index >= 15 is 0 Å². The number of methoxy groups -OCH3 is 2. The Morgan fingerprint density at radius 3 is 2.18 bits per heavy atom. The van der Waals surface area contributed by atoms with E-state index in [2.05, 4.69) is 28.9 Å². The molecular formula is C28H31F2N5O3. The minimum Gasteiger partial charge on any atom is -0.494 e. The van der Waals surface area contributed by atoms with Gasteiger partial charge in [0.2, 0.25) is 0 Å². The van der Waals surface area contributed by atoms with E-state index in [4.69, 9.17) is 20.9 Å². The maximum absolute atomic E-state index is 14.9. The Morgan fingerprint density at radius 2 is 1.66 bits per heavy atom. The Morgan fingerprint density at radius 1 is 1.03 bits per heavy atom. The molecule has 1 fully saturated rings. The number of anilines is 2. The summed E-state index contributed by atoms with van der Waals surface area (Å²) in [5, 5.41) is 0. The molecule has 1 aliphatic heterocycles. The predicted octanol–water partition coefficient (Wildman–Crippen LogP) is 3.92. The summed E-state index contributed by atoms with van der Waals surface area (Å²) in [6.45, 7) is 1.88. The minimum atomic E-state index is -0.899. The summed E-state index contributed by atoms with van der Waals surface area (Å²) in [4.78, 5) is 21.3. The fraction of sp³-hybridized carbons (Fsp3) is 0.286. The highest BCUT2D eigenvalue weighted by Gasteiger charge is 2.25. The molecule has 200 valence electrons. The zero-order valence-corrected chi connectivity index (χ0v) is 21.8. The number of amides is 1. The first-order valence-corrected chi connectivity index (χ1v) is 12.0. The van der Waals surface area contributed by atoms with E-state index in [1.807, 2.05) is 12.1 Å². The second-order valence-electron chi connectivity index (χ2n) is 9.29. The molecule has 1 aliphatic rings. The van der Waals surface area contributed by atoms with Crippen LogP contribution in [0, 0.1) is 11.6 Å². The van der Waals surface area contributed by atoms with Crippen LogP contribution in [-0.2, 0) is 0 Å². The van der Waals surface area contributed by atoms with Gasteiger partial charge in [-0.05, 0) is 62.5 Å². The average Bonchev–Trinajstić information content (AvgIpc) is 3.40. The molecule has 1 unspecified atom stereocenters. The molecule has 4 rings (SSSR count). The lowest BCUT2D eigenvalue weighted by Gasteiger charge is -2.21. The van der Waals surface area contributed by atoms with E-state index in [9.17, 15) is 13.6 Å². The van der Waals surface area contributed by atoms with Crippen molar-refractivity contribution in [3.63, 3.8) is 0 Å². The van der Waals surface area contributed by atoms with Crippen LogP contribution in [0.1, 0.15) is 22.3 Å². The summed E-state index contributed by atoms with van der Waals surface area (Å²) in [5.74, 6) is -2.80. The summed E-state index contributed by atoms with van der Waals surface area (Å²) in [6.07, 6.45) is 1.08. The van der Waals surface area contributed by atoms with Crippen LogP contribution in [-0.4, -0.2) is 64.1 Å². The summed E-state index contributed by atoms with van der Waals surface area (Å²) in [6, 6.07) is 13.1. The average molecular weight is 524 g/mol. The second kappa shape index (κ2) is 11.1. The lowest BCUT2D eigenvalue weighted by Crippen LogP contribution is -2.31. The molecule has 0 aromatic heterocycles. The topological polar surface area (TPSA) is 106 Å². The maximum atomic E-state index is 14.9. The van der Waals surface area contributed by atoms with Crippen LogP contribution >= 0.6 is 0 Å². The molecule has 0 radical (unpaired) electrons. The Kier molecular flexibility index (Phi) is 7.82. The lowest BCUT2D eigenvalue weighted by molar-refractivity contribution is 0.100. The van der Waals surface area contributed by atoms with Crippen molar-refractivity contribution >= 4 is 23.1 Å². The van der Waals surface area contributed by atoms with E-state index in [0.29, 0.717) is 11.6 Å². The standard InChI is InChI=1S/C28H31F2N5O3/c1-34(2)19-11-12-35(15-19)18-8-5-16(6-9-18)28(36)33-27(32)20-10-7-17(13-21(20)31)24-25(29)22(37-3)14-23(38-4)26(24)30/h5-10,13-14,19H,11-12,15,31H2,1-4H3,(H2,32,33,36). The molecular weight excluding hydrogens is 492 g/mol. The fourth-order valence-corrected chi connectivity index (χ4v) is 4.54. The van der Waals surface area contributed by atoms with E-state index < -0.39 is 17.5 Å². The van der Waals surface area contributed by atoms with Crippen molar-refractivity contribution < 1.29 is 23.0 Å². The highest BCUT2D eigenvalue weighted by molar-refractivity contribution is 6.11. The molecule has 0 spiro atoms. The number of carbonyl (C=O) groups excluding carboxylic acids is 1. The van der Waals surface area contributed by atoms with Crippen LogP contribution in [0.3, 0.4) is 0 Å². The largest absolute Gasteiger partial charge is 0.494 e. The third-order valence-corrected chi connectivity index (χ3v) is 6.78. The number of hydrogen-bond acceptors (Lipinski definition) is 6. The molecule has 3 aromatic carbocycles. The highest BCUT2D eigenvalue weighted by atomic mass is 19.1. The van der Waals surface area contributed by atoms with Gasteiger partial charge in [0.05, 0.1) is 19.8 Å². The first-order valence-electron chi connectivity index (χ1n) is 12.0. The molecule has 1 heterocycles. The van der Waals surface area contributed by atoms with Crippen LogP contribution in [0.2, 0.25) is 0 Å². The van der Waals surface area contributed by atoms with Gasteiger partial charge in [-0.2, -0.15) is 4.99 Å². The van der Waals surface area contributed by atoms with Gasteiger partial charge in [-0.1, -0.05) is 6.07 Å². The highest BCUT2D eigenvalue weighted by Crippen LogP contribution is 2.38. The van der Waals surface area contributed by atoms with Crippen molar-refractivity contribution in [3.05, 3.63) is 71.3 Å².